The van der Waals surface area contributed by atoms with Crippen LogP contribution < -0.4 is 4.74 Å². The molecule has 1 aliphatic heterocycles. The van der Waals surface area contributed by atoms with E-state index in [4.69, 9.17) is 16.3 Å². The van der Waals surface area contributed by atoms with Gasteiger partial charge in [-0.2, -0.15) is 13.2 Å². The molecule has 172 valence electrons. The minimum absolute atomic E-state index is 0.108. The second-order valence-corrected chi connectivity index (χ2v) is 8.07. The van der Waals surface area contributed by atoms with Gasteiger partial charge < -0.3 is 14.5 Å². The third-order valence-corrected chi connectivity index (χ3v) is 5.35. The molecule has 0 spiro atoms. The van der Waals surface area contributed by atoms with Crippen LogP contribution in [0.15, 0.2) is 48.9 Å². The van der Waals surface area contributed by atoms with Crippen molar-refractivity contribution in [3.05, 3.63) is 59.5 Å². The SMILES string of the molecule is CN(C)C(=O)N1CC(Oc2cnc(-c3ccc(C(F)(F)F)cc3)c(-c3ccncc3Cl)n2)C1. The number of halogens is 4. The third kappa shape index (κ3) is 4.85. The van der Waals surface area contributed by atoms with Gasteiger partial charge >= 0.3 is 12.2 Å². The highest BCUT2D eigenvalue weighted by atomic mass is 35.5. The molecule has 0 aliphatic carbocycles. The Hall–Kier alpha value is -3.40. The zero-order valence-corrected chi connectivity index (χ0v) is 18.4. The number of carbonyl (C=O) groups excluding carboxylic acids is 1. The number of pyridine rings is 1. The quantitative estimate of drug-likeness (QED) is 0.548. The molecule has 33 heavy (non-hydrogen) atoms. The molecule has 2 aromatic heterocycles. The summed E-state index contributed by atoms with van der Waals surface area (Å²) >= 11 is 6.31. The lowest BCUT2D eigenvalue weighted by atomic mass is 10.0. The molecule has 0 bridgehead atoms. The molecule has 3 heterocycles. The number of ether oxygens (including phenoxy) is 1. The fourth-order valence-corrected chi connectivity index (χ4v) is 3.54. The van der Waals surface area contributed by atoms with Crippen LogP contribution in [0.5, 0.6) is 5.88 Å². The number of carbonyl (C=O) groups is 1. The summed E-state index contributed by atoms with van der Waals surface area (Å²) in [7, 11) is 3.35. The second kappa shape index (κ2) is 8.86. The highest BCUT2D eigenvalue weighted by Crippen LogP contribution is 2.36. The summed E-state index contributed by atoms with van der Waals surface area (Å²) < 4.78 is 44.7. The standard InChI is InChI=1S/C22H19ClF3N5O2/c1-30(2)21(32)31-11-15(12-31)33-18-10-28-19(13-3-5-14(6-4-13)22(24,25)26)20(29-18)16-7-8-27-9-17(16)23/h3-10,15H,11-12H2,1-2H3. The van der Waals surface area contributed by atoms with E-state index >= 15 is 0 Å². The fraction of sp³-hybridized carbons (Fsp3) is 0.273. The summed E-state index contributed by atoms with van der Waals surface area (Å²) in [6.07, 6.45) is -0.310. The summed E-state index contributed by atoms with van der Waals surface area (Å²) in [6, 6.07) is 6.19. The van der Waals surface area contributed by atoms with E-state index in [0.29, 0.717) is 40.6 Å². The molecule has 1 aromatic carbocycles. The molecule has 1 fully saturated rings. The van der Waals surface area contributed by atoms with Crippen LogP contribution in [0.2, 0.25) is 5.02 Å². The Labute approximate surface area is 192 Å². The molecule has 11 heteroatoms. The topological polar surface area (TPSA) is 71.5 Å². The zero-order chi connectivity index (χ0) is 23.8. The van der Waals surface area contributed by atoms with Gasteiger partial charge in [0, 0.05) is 37.6 Å². The van der Waals surface area contributed by atoms with E-state index in [1.54, 1.807) is 25.1 Å². The Morgan fingerprint density at radius 2 is 1.82 bits per heavy atom. The van der Waals surface area contributed by atoms with Gasteiger partial charge in [0.15, 0.2) is 0 Å². The highest BCUT2D eigenvalue weighted by molar-refractivity contribution is 6.33. The minimum Gasteiger partial charge on any atom is -0.469 e. The molecule has 2 amide bonds. The van der Waals surface area contributed by atoms with Crippen molar-refractivity contribution in [1.82, 2.24) is 24.8 Å². The van der Waals surface area contributed by atoms with E-state index in [1.807, 2.05) is 0 Å². The highest BCUT2D eigenvalue weighted by Gasteiger charge is 2.34. The molecule has 1 aliphatic rings. The van der Waals surface area contributed by atoms with Gasteiger partial charge in [-0.1, -0.05) is 23.7 Å². The number of hydrogen-bond acceptors (Lipinski definition) is 5. The van der Waals surface area contributed by atoms with E-state index in [9.17, 15) is 18.0 Å². The first kappa shape index (κ1) is 22.8. The van der Waals surface area contributed by atoms with Crippen molar-refractivity contribution in [2.45, 2.75) is 12.3 Å². The van der Waals surface area contributed by atoms with E-state index in [0.717, 1.165) is 12.1 Å². The Morgan fingerprint density at radius 1 is 1.12 bits per heavy atom. The summed E-state index contributed by atoms with van der Waals surface area (Å²) in [5.74, 6) is 0.218. The average Bonchev–Trinajstić information content (AvgIpc) is 2.75. The number of likely N-dealkylation sites (tertiary alicyclic amines) is 1. The number of rotatable bonds is 4. The first-order chi connectivity index (χ1) is 15.6. The van der Waals surface area contributed by atoms with Crippen LogP contribution in [0, 0.1) is 0 Å². The van der Waals surface area contributed by atoms with Gasteiger partial charge in [0.2, 0.25) is 5.88 Å². The number of urea groups is 1. The molecule has 0 radical (unpaired) electrons. The normalized spacial score (nSPS) is 14.1. The third-order valence-electron chi connectivity index (χ3n) is 5.05. The van der Waals surface area contributed by atoms with Crippen molar-refractivity contribution in [2.75, 3.05) is 27.2 Å². The number of aromatic nitrogens is 3. The van der Waals surface area contributed by atoms with Crippen molar-refractivity contribution in [2.24, 2.45) is 0 Å². The van der Waals surface area contributed by atoms with Crippen LogP contribution >= 0.6 is 11.6 Å². The van der Waals surface area contributed by atoms with Crippen LogP contribution in [-0.4, -0.2) is 64.1 Å². The maximum atomic E-state index is 13.0. The Kier molecular flexibility index (Phi) is 6.11. The van der Waals surface area contributed by atoms with Crippen molar-refractivity contribution < 1.29 is 22.7 Å². The van der Waals surface area contributed by atoms with Crippen LogP contribution in [0.1, 0.15) is 5.56 Å². The van der Waals surface area contributed by atoms with Crippen LogP contribution in [0.25, 0.3) is 22.5 Å². The van der Waals surface area contributed by atoms with Crippen molar-refractivity contribution in [3.63, 3.8) is 0 Å². The molecular formula is C22H19ClF3N5O2. The van der Waals surface area contributed by atoms with Crippen LogP contribution in [0.3, 0.4) is 0 Å². The van der Waals surface area contributed by atoms with E-state index in [1.165, 1.54) is 35.6 Å². The maximum absolute atomic E-state index is 13.0. The van der Waals surface area contributed by atoms with Crippen molar-refractivity contribution in [3.8, 4) is 28.4 Å². The van der Waals surface area contributed by atoms with Crippen molar-refractivity contribution in [1.29, 1.82) is 0 Å². The van der Waals surface area contributed by atoms with Gasteiger partial charge in [-0.25, -0.2) is 14.8 Å². The molecule has 0 saturated carbocycles. The molecule has 7 nitrogen and oxygen atoms in total. The van der Waals surface area contributed by atoms with Gasteiger partial charge in [0.1, 0.15) is 11.8 Å². The van der Waals surface area contributed by atoms with E-state index in [2.05, 4.69) is 15.0 Å². The first-order valence-corrected chi connectivity index (χ1v) is 10.3. The number of hydrogen-bond donors (Lipinski definition) is 0. The summed E-state index contributed by atoms with van der Waals surface area (Å²) in [5, 5.41) is 0.309. The van der Waals surface area contributed by atoms with Gasteiger partial charge in [-0.15, -0.1) is 0 Å². The Bertz CT molecular complexity index is 1170. The molecule has 0 N–H and O–H groups in total. The molecular weight excluding hydrogens is 459 g/mol. The average molecular weight is 478 g/mol. The summed E-state index contributed by atoms with van der Waals surface area (Å²) in [5.41, 5.74) is 0.890. The van der Waals surface area contributed by atoms with Crippen molar-refractivity contribution >= 4 is 17.6 Å². The van der Waals surface area contributed by atoms with Gasteiger partial charge in [-0.3, -0.25) is 4.98 Å². The number of nitrogens with zero attached hydrogens (tertiary/aromatic N) is 5. The summed E-state index contributed by atoms with van der Waals surface area (Å²) in [6.45, 7) is 0.815. The second-order valence-electron chi connectivity index (χ2n) is 7.66. The van der Waals surface area contributed by atoms with E-state index < -0.39 is 11.7 Å². The number of alkyl halides is 3. The molecule has 0 unspecified atom stereocenters. The fourth-order valence-electron chi connectivity index (χ4n) is 3.34. The number of benzene rings is 1. The minimum atomic E-state index is -4.44. The molecule has 0 atom stereocenters. The lowest BCUT2D eigenvalue weighted by Crippen LogP contribution is -2.58. The first-order valence-electron chi connectivity index (χ1n) is 9.91. The lowest BCUT2D eigenvalue weighted by Gasteiger charge is -2.39. The molecule has 3 aromatic rings. The van der Waals surface area contributed by atoms with Crippen LogP contribution in [0.4, 0.5) is 18.0 Å². The largest absolute Gasteiger partial charge is 0.469 e. The maximum Gasteiger partial charge on any atom is 0.416 e. The van der Waals surface area contributed by atoms with Gasteiger partial charge in [0.05, 0.1) is 35.6 Å². The zero-order valence-electron chi connectivity index (χ0n) is 17.7. The predicted octanol–water partition coefficient (Wildman–Crippen LogP) is 4.62. The smallest absolute Gasteiger partial charge is 0.416 e. The number of amides is 2. The molecule has 1 saturated heterocycles. The van der Waals surface area contributed by atoms with Gasteiger partial charge in [0.25, 0.3) is 0 Å². The Balaban J connectivity index is 1.64. The Morgan fingerprint density at radius 3 is 2.42 bits per heavy atom. The molecule has 4 rings (SSSR count). The summed E-state index contributed by atoms with van der Waals surface area (Å²) in [4.78, 5) is 28.0. The van der Waals surface area contributed by atoms with Gasteiger partial charge in [-0.05, 0) is 18.2 Å². The predicted molar refractivity (Wildman–Crippen MR) is 116 cm³/mol. The lowest BCUT2D eigenvalue weighted by molar-refractivity contribution is -0.137. The monoisotopic (exact) mass is 477 g/mol. The van der Waals surface area contributed by atoms with E-state index in [-0.39, 0.29) is 18.0 Å². The van der Waals surface area contributed by atoms with Crippen LogP contribution in [-0.2, 0) is 6.18 Å².